The minimum absolute atomic E-state index is 0.0316. The molecule has 1 aromatic carbocycles. The Morgan fingerprint density at radius 2 is 2.00 bits per heavy atom. The Morgan fingerprint density at radius 3 is 2.52 bits per heavy atom. The lowest BCUT2D eigenvalue weighted by Crippen LogP contribution is -2.45. The fourth-order valence-corrected chi connectivity index (χ4v) is 5.83. The Kier molecular flexibility index (Phi) is 6.16. The topological polar surface area (TPSA) is 52.0 Å². The Bertz CT molecular complexity index is 746. The minimum Gasteiger partial charge on any atom is -0.369 e. The van der Waals surface area contributed by atoms with Crippen LogP contribution in [0.15, 0.2) is 23.3 Å². The van der Waals surface area contributed by atoms with E-state index in [4.69, 9.17) is 10.3 Å². The van der Waals surface area contributed by atoms with Crippen molar-refractivity contribution < 1.29 is 4.74 Å². The molecule has 0 amide bonds. The van der Waals surface area contributed by atoms with Gasteiger partial charge in [0.2, 0.25) is 0 Å². The summed E-state index contributed by atoms with van der Waals surface area (Å²) < 4.78 is 6.73. The summed E-state index contributed by atoms with van der Waals surface area (Å²) in [5.74, 6) is 1.41. The first kappa shape index (κ1) is 22.3. The standard InChI is InChI=1S/C25H41N3O/c1-8-23(6,7)20-13-14-25(19(5)16-20)24(9-2,29-25)17-28(10-3)21-11-12-22(27-26)18(4)15-21/h11-12,15,19-20,26H,8-10,13-14,16-17H2,1-7H3. The van der Waals surface area contributed by atoms with E-state index in [0.29, 0.717) is 11.3 Å². The molecule has 1 aliphatic carbocycles. The van der Waals surface area contributed by atoms with E-state index in [1.54, 1.807) is 0 Å². The molecule has 4 nitrogen and oxygen atoms in total. The molecule has 1 aliphatic heterocycles. The van der Waals surface area contributed by atoms with Crippen LogP contribution in [-0.4, -0.2) is 24.3 Å². The second-order valence-corrected chi connectivity index (χ2v) is 10.2. The Labute approximate surface area is 177 Å². The molecule has 4 unspecified atom stereocenters. The van der Waals surface area contributed by atoms with Gasteiger partial charge in [0.15, 0.2) is 0 Å². The highest BCUT2D eigenvalue weighted by molar-refractivity contribution is 5.57. The third kappa shape index (κ3) is 3.73. The predicted octanol–water partition coefficient (Wildman–Crippen LogP) is 7.27. The van der Waals surface area contributed by atoms with Gasteiger partial charge in [-0.1, -0.05) is 41.0 Å². The summed E-state index contributed by atoms with van der Waals surface area (Å²) in [5, 5.41) is 3.62. The van der Waals surface area contributed by atoms with E-state index >= 15 is 0 Å². The Hall–Kier alpha value is -1.42. The molecule has 162 valence electrons. The van der Waals surface area contributed by atoms with Gasteiger partial charge in [-0.05, 0) is 80.5 Å². The number of ether oxygens (including phenoxy) is 1. The lowest BCUT2D eigenvalue weighted by atomic mass is 9.61. The van der Waals surface area contributed by atoms with E-state index in [1.165, 1.54) is 31.4 Å². The maximum absolute atomic E-state index is 7.31. The zero-order valence-electron chi connectivity index (χ0n) is 19.6. The molecule has 1 heterocycles. The number of aryl methyl sites for hydroxylation is 1. The number of hydrogen-bond donors (Lipinski definition) is 1. The van der Waals surface area contributed by atoms with Crippen LogP contribution in [0.4, 0.5) is 11.4 Å². The highest BCUT2D eigenvalue weighted by atomic mass is 16.6. The average molecular weight is 400 g/mol. The molecule has 3 rings (SSSR count). The summed E-state index contributed by atoms with van der Waals surface area (Å²) in [7, 11) is 0. The summed E-state index contributed by atoms with van der Waals surface area (Å²) in [4.78, 5) is 2.45. The van der Waals surface area contributed by atoms with Crippen LogP contribution in [0.5, 0.6) is 0 Å². The van der Waals surface area contributed by atoms with Crippen molar-refractivity contribution in [2.75, 3.05) is 18.0 Å². The molecule has 2 fully saturated rings. The minimum atomic E-state index is -0.0316. The average Bonchev–Trinajstić information content (AvgIpc) is 3.36. The normalized spacial score (nSPS) is 31.7. The number of anilines is 1. The van der Waals surface area contributed by atoms with Crippen LogP contribution in [-0.2, 0) is 4.74 Å². The summed E-state index contributed by atoms with van der Waals surface area (Å²) in [6, 6.07) is 6.23. The van der Waals surface area contributed by atoms with Crippen molar-refractivity contribution in [1.82, 2.24) is 0 Å². The van der Waals surface area contributed by atoms with Gasteiger partial charge in [0.05, 0.1) is 5.69 Å². The van der Waals surface area contributed by atoms with E-state index in [-0.39, 0.29) is 11.2 Å². The van der Waals surface area contributed by atoms with Crippen LogP contribution in [0.3, 0.4) is 0 Å². The Balaban J connectivity index is 1.78. The van der Waals surface area contributed by atoms with Gasteiger partial charge in [0.1, 0.15) is 11.2 Å². The zero-order chi connectivity index (χ0) is 21.4. The lowest BCUT2D eigenvalue weighted by molar-refractivity contribution is 0.0676. The van der Waals surface area contributed by atoms with Crippen LogP contribution >= 0.6 is 0 Å². The summed E-state index contributed by atoms with van der Waals surface area (Å²) in [5.41, 5.74) is 10.8. The van der Waals surface area contributed by atoms with Crippen molar-refractivity contribution in [3.8, 4) is 0 Å². The number of likely N-dealkylation sites (N-methyl/N-ethyl adjacent to an activating group) is 1. The monoisotopic (exact) mass is 399 g/mol. The zero-order valence-corrected chi connectivity index (χ0v) is 19.6. The van der Waals surface area contributed by atoms with Gasteiger partial charge in [-0.15, -0.1) is 0 Å². The van der Waals surface area contributed by atoms with Gasteiger partial charge in [0, 0.05) is 18.8 Å². The molecule has 1 saturated carbocycles. The van der Waals surface area contributed by atoms with Crippen LogP contribution in [0.2, 0.25) is 0 Å². The lowest BCUT2D eigenvalue weighted by Gasteiger charge is -2.42. The maximum Gasteiger partial charge on any atom is 0.115 e. The molecule has 1 spiro atoms. The number of nitrogens with zero attached hydrogens (tertiary/aromatic N) is 2. The first-order chi connectivity index (χ1) is 13.7. The van der Waals surface area contributed by atoms with E-state index in [2.05, 4.69) is 63.7 Å². The molecule has 2 aliphatic rings. The number of hydrogen-bond acceptors (Lipinski definition) is 4. The van der Waals surface area contributed by atoms with Gasteiger partial charge >= 0.3 is 0 Å². The maximum atomic E-state index is 7.31. The Morgan fingerprint density at radius 1 is 1.28 bits per heavy atom. The van der Waals surface area contributed by atoms with Crippen LogP contribution in [0.25, 0.3) is 0 Å². The van der Waals surface area contributed by atoms with Crippen LogP contribution in [0, 0.1) is 29.7 Å². The summed E-state index contributed by atoms with van der Waals surface area (Å²) >= 11 is 0. The third-order valence-electron chi connectivity index (χ3n) is 8.49. The van der Waals surface area contributed by atoms with Crippen LogP contribution < -0.4 is 4.90 Å². The molecule has 0 bridgehead atoms. The van der Waals surface area contributed by atoms with Crippen molar-refractivity contribution >= 4 is 11.4 Å². The molecule has 1 N–H and O–H groups in total. The second-order valence-electron chi connectivity index (χ2n) is 10.2. The van der Waals surface area contributed by atoms with Crippen molar-refractivity contribution in [3.63, 3.8) is 0 Å². The third-order valence-corrected chi connectivity index (χ3v) is 8.49. The fraction of sp³-hybridized carbons (Fsp3) is 0.760. The number of rotatable bonds is 8. The van der Waals surface area contributed by atoms with Crippen molar-refractivity contribution in [1.29, 1.82) is 5.53 Å². The first-order valence-electron chi connectivity index (χ1n) is 11.6. The van der Waals surface area contributed by atoms with E-state index in [0.717, 1.165) is 36.7 Å². The van der Waals surface area contributed by atoms with E-state index in [9.17, 15) is 0 Å². The number of epoxide rings is 1. The molecule has 4 heteroatoms. The molecular weight excluding hydrogens is 358 g/mol. The highest BCUT2D eigenvalue weighted by Gasteiger charge is 2.72. The highest BCUT2D eigenvalue weighted by Crippen LogP contribution is 2.63. The number of nitrogens with one attached hydrogen (secondary N) is 1. The largest absolute Gasteiger partial charge is 0.369 e. The van der Waals surface area contributed by atoms with E-state index < -0.39 is 0 Å². The van der Waals surface area contributed by atoms with Gasteiger partial charge in [-0.3, -0.25) is 0 Å². The van der Waals surface area contributed by atoms with Crippen molar-refractivity contribution in [2.24, 2.45) is 22.4 Å². The quantitative estimate of drug-likeness (QED) is 0.369. The van der Waals surface area contributed by atoms with E-state index in [1.807, 2.05) is 13.0 Å². The second kappa shape index (κ2) is 8.02. The first-order valence-corrected chi connectivity index (χ1v) is 11.6. The molecule has 0 aromatic heterocycles. The molecular formula is C25H41N3O. The van der Waals surface area contributed by atoms with Crippen molar-refractivity contribution in [2.45, 2.75) is 91.8 Å². The molecule has 4 atom stereocenters. The predicted molar refractivity (Wildman–Crippen MR) is 121 cm³/mol. The summed E-state index contributed by atoms with van der Waals surface area (Å²) in [6.07, 6.45) is 6.09. The van der Waals surface area contributed by atoms with Gasteiger partial charge < -0.3 is 9.64 Å². The number of benzene rings is 1. The SMILES string of the molecule is CCN(CC1(CC)OC12CCC(C(C)(C)CC)CC2C)c1ccc(N=N)c(C)c1. The van der Waals surface area contributed by atoms with Gasteiger partial charge in [-0.2, -0.15) is 5.11 Å². The van der Waals surface area contributed by atoms with Crippen LogP contribution in [0.1, 0.15) is 79.2 Å². The summed E-state index contributed by atoms with van der Waals surface area (Å²) in [6.45, 7) is 18.1. The van der Waals surface area contributed by atoms with Crippen molar-refractivity contribution in [3.05, 3.63) is 23.8 Å². The molecule has 1 saturated heterocycles. The smallest absolute Gasteiger partial charge is 0.115 e. The fourth-order valence-electron chi connectivity index (χ4n) is 5.83. The molecule has 0 radical (unpaired) electrons. The van der Waals surface area contributed by atoms with Gasteiger partial charge in [-0.25, -0.2) is 5.53 Å². The molecule has 29 heavy (non-hydrogen) atoms. The molecule has 1 aromatic rings. The van der Waals surface area contributed by atoms with Gasteiger partial charge in [0.25, 0.3) is 0 Å².